The van der Waals surface area contributed by atoms with E-state index >= 15 is 0 Å². The van der Waals surface area contributed by atoms with E-state index in [1.54, 1.807) is 5.38 Å². The van der Waals surface area contributed by atoms with Crippen molar-refractivity contribution in [3.05, 3.63) is 15.8 Å². The number of hydrogen-bond acceptors (Lipinski definition) is 6. The SMILES string of the molecule is COC(=O)c1scc(C)c1N1CC(C(=O)OC)CC1=O. The lowest BCUT2D eigenvalue weighted by atomic mass is 10.1. The molecule has 1 fully saturated rings. The zero-order chi connectivity index (χ0) is 14.9. The molecule has 0 aliphatic carbocycles. The average molecular weight is 297 g/mol. The third kappa shape index (κ3) is 2.40. The number of methoxy groups -OCH3 is 2. The highest BCUT2D eigenvalue weighted by atomic mass is 32.1. The van der Waals surface area contributed by atoms with Gasteiger partial charge in [-0.1, -0.05) is 0 Å². The van der Waals surface area contributed by atoms with Gasteiger partial charge >= 0.3 is 11.9 Å². The number of aryl methyl sites for hydroxylation is 1. The predicted octanol–water partition coefficient (Wildman–Crippen LogP) is 1.37. The van der Waals surface area contributed by atoms with Crippen molar-refractivity contribution in [3.8, 4) is 0 Å². The first-order chi connectivity index (χ1) is 9.49. The minimum Gasteiger partial charge on any atom is -0.469 e. The first kappa shape index (κ1) is 14.5. The Morgan fingerprint density at radius 2 is 2.05 bits per heavy atom. The lowest BCUT2D eigenvalue weighted by molar-refractivity contribution is -0.145. The van der Waals surface area contributed by atoms with Gasteiger partial charge in [0.15, 0.2) is 0 Å². The largest absolute Gasteiger partial charge is 0.469 e. The van der Waals surface area contributed by atoms with Gasteiger partial charge in [0, 0.05) is 13.0 Å². The molecule has 0 aromatic carbocycles. The van der Waals surface area contributed by atoms with Gasteiger partial charge < -0.3 is 14.4 Å². The summed E-state index contributed by atoms with van der Waals surface area (Å²) in [6, 6.07) is 0. The second-order valence-electron chi connectivity index (χ2n) is 4.52. The van der Waals surface area contributed by atoms with E-state index in [1.165, 1.54) is 30.5 Å². The topological polar surface area (TPSA) is 72.9 Å². The Morgan fingerprint density at radius 1 is 1.35 bits per heavy atom. The Balaban J connectivity index is 2.33. The van der Waals surface area contributed by atoms with Crippen molar-refractivity contribution in [2.45, 2.75) is 13.3 Å². The summed E-state index contributed by atoms with van der Waals surface area (Å²) in [6.45, 7) is 2.05. The Hall–Kier alpha value is -1.89. The van der Waals surface area contributed by atoms with Crippen molar-refractivity contribution >= 4 is 34.9 Å². The van der Waals surface area contributed by atoms with Crippen molar-refractivity contribution in [1.82, 2.24) is 0 Å². The molecule has 0 spiro atoms. The minimum absolute atomic E-state index is 0.0998. The van der Waals surface area contributed by atoms with Gasteiger partial charge in [0.05, 0.1) is 25.8 Å². The van der Waals surface area contributed by atoms with Gasteiger partial charge in [-0.05, 0) is 17.9 Å². The van der Waals surface area contributed by atoms with Gasteiger partial charge in [-0.2, -0.15) is 0 Å². The number of carbonyl (C=O) groups is 3. The molecule has 20 heavy (non-hydrogen) atoms. The van der Waals surface area contributed by atoms with Crippen LogP contribution in [0.2, 0.25) is 0 Å². The van der Waals surface area contributed by atoms with Crippen LogP contribution in [0.3, 0.4) is 0 Å². The van der Waals surface area contributed by atoms with Gasteiger partial charge in [-0.15, -0.1) is 11.3 Å². The standard InChI is InChI=1S/C13H15NO5S/c1-7-6-20-11(13(17)19-3)10(7)14-5-8(4-9(14)15)12(16)18-2/h6,8H,4-5H2,1-3H3. The Bertz CT molecular complexity index is 565. The van der Waals surface area contributed by atoms with E-state index in [4.69, 9.17) is 4.74 Å². The summed E-state index contributed by atoms with van der Waals surface area (Å²) in [5.41, 5.74) is 1.35. The molecule has 0 N–H and O–H groups in total. The fraction of sp³-hybridized carbons (Fsp3) is 0.462. The van der Waals surface area contributed by atoms with Crippen LogP contribution in [0.5, 0.6) is 0 Å². The third-order valence-electron chi connectivity index (χ3n) is 3.24. The molecule has 1 aliphatic heterocycles. The molecule has 1 amide bonds. The Morgan fingerprint density at radius 3 is 2.65 bits per heavy atom. The lowest BCUT2D eigenvalue weighted by Gasteiger charge is -2.17. The molecule has 2 heterocycles. The zero-order valence-electron chi connectivity index (χ0n) is 11.5. The number of esters is 2. The van der Waals surface area contributed by atoms with Crippen molar-refractivity contribution in [2.24, 2.45) is 5.92 Å². The van der Waals surface area contributed by atoms with E-state index < -0.39 is 17.9 Å². The van der Waals surface area contributed by atoms with Crippen LogP contribution in [0, 0.1) is 12.8 Å². The molecule has 0 bridgehead atoms. The second-order valence-corrected chi connectivity index (χ2v) is 5.40. The number of anilines is 1. The summed E-state index contributed by atoms with van der Waals surface area (Å²) in [7, 11) is 2.59. The predicted molar refractivity (Wildman–Crippen MR) is 72.9 cm³/mol. The molecule has 7 heteroatoms. The van der Waals surface area contributed by atoms with Crippen LogP contribution in [0.15, 0.2) is 5.38 Å². The number of ether oxygens (including phenoxy) is 2. The summed E-state index contributed by atoms with van der Waals surface area (Å²) in [5.74, 6) is -1.56. The molecule has 1 atom stereocenters. The summed E-state index contributed by atoms with van der Waals surface area (Å²) in [5, 5.41) is 1.79. The van der Waals surface area contributed by atoms with Gasteiger partial charge in [0.25, 0.3) is 0 Å². The summed E-state index contributed by atoms with van der Waals surface area (Å²) < 4.78 is 9.39. The van der Waals surface area contributed by atoms with Crippen LogP contribution in [0.4, 0.5) is 5.69 Å². The molecule has 0 saturated carbocycles. The van der Waals surface area contributed by atoms with E-state index in [9.17, 15) is 14.4 Å². The van der Waals surface area contributed by atoms with Crippen molar-refractivity contribution in [2.75, 3.05) is 25.7 Å². The molecule has 1 aliphatic rings. The molecule has 1 aromatic heterocycles. The first-order valence-electron chi connectivity index (χ1n) is 6.04. The van der Waals surface area contributed by atoms with Crippen molar-refractivity contribution < 1.29 is 23.9 Å². The highest BCUT2D eigenvalue weighted by molar-refractivity contribution is 7.12. The van der Waals surface area contributed by atoms with Crippen LogP contribution < -0.4 is 4.90 Å². The fourth-order valence-corrected chi connectivity index (χ4v) is 3.23. The number of nitrogens with zero attached hydrogens (tertiary/aromatic N) is 1. The normalized spacial score (nSPS) is 18.2. The van der Waals surface area contributed by atoms with E-state index in [0.29, 0.717) is 10.6 Å². The monoisotopic (exact) mass is 297 g/mol. The van der Waals surface area contributed by atoms with Crippen molar-refractivity contribution in [3.63, 3.8) is 0 Å². The molecular weight excluding hydrogens is 282 g/mol. The second kappa shape index (κ2) is 5.62. The molecule has 108 valence electrons. The molecule has 1 unspecified atom stereocenters. The number of rotatable bonds is 3. The maximum absolute atomic E-state index is 12.1. The highest BCUT2D eigenvalue weighted by Crippen LogP contribution is 2.35. The number of carbonyl (C=O) groups excluding carboxylic acids is 3. The lowest BCUT2D eigenvalue weighted by Crippen LogP contribution is -2.27. The van der Waals surface area contributed by atoms with E-state index in [0.717, 1.165) is 5.56 Å². The Kier molecular flexibility index (Phi) is 4.08. The molecule has 0 radical (unpaired) electrons. The van der Waals surface area contributed by atoms with Crippen LogP contribution in [-0.2, 0) is 19.1 Å². The van der Waals surface area contributed by atoms with Gasteiger partial charge in [0.1, 0.15) is 4.88 Å². The third-order valence-corrected chi connectivity index (χ3v) is 4.31. The van der Waals surface area contributed by atoms with Crippen molar-refractivity contribution in [1.29, 1.82) is 0 Å². The minimum atomic E-state index is -0.489. The molecule has 6 nitrogen and oxygen atoms in total. The first-order valence-corrected chi connectivity index (χ1v) is 6.92. The van der Waals surface area contributed by atoms with E-state index in [-0.39, 0.29) is 18.9 Å². The summed E-state index contributed by atoms with van der Waals surface area (Å²) >= 11 is 1.23. The maximum Gasteiger partial charge on any atom is 0.350 e. The van der Waals surface area contributed by atoms with Crippen LogP contribution in [-0.4, -0.2) is 38.6 Å². The highest BCUT2D eigenvalue weighted by Gasteiger charge is 2.38. The van der Waals surface area contributed by atoms with Crippen LogP contribution in [0.1, 0.15) is 21.7 Å². The maximum atomic E-state index is 12.1. The number of thiophene rings is 1. The van der Waals surface area contributed by atoms with Gasteiger partial charge in [-0.3, -0.25) is 9.59 Å². The van der Waals surface area contributed by atoms with Gasteiger partial charge in [0.2, 0.25) is 5.91 Å². The van der Waals surface area contributed by atoms with Crippen LogP contribution in [0.25, 0.3) is 0 Å². The molecule has 1 saturated heterocycles. The molecule has 2 rings (SSSR count). The quantitative estimate of drug-likeness (QED) is 0.788. The molecular formula is C13H15NO5S. The fourth-order valence-electron chi connectivity index (χ4n) is 2.26. The van der Waals surface area contributed by atoms with E-state index in [2.05, 4.69) is 4.74 Å². The number of hydrogen-bond donors (Lipinski definition) is 0. The zero-order valence-corrected chi connectivity index (χ0v) is 12.3. The van der Waals surface area contributed by atoms with Gasteiger partial charge in [-0.25, -0.2) is 4.79 Å². The smallest absolute Gasteiger partial charge is 0.350 e. The van der Waals surface area contributed by atoms with E-state index in [1.807, 2.05) is 6.92 Å². The number of amides is 1. The Labute approximate surface area is 120 Å². The summed E-state index contributed by atoms with van der Waals surface area (Å²) in [4.78, 5) is 37.2. The average Bonchev–Trinajstić information content (AvgIpc) is 3.00. The molecule has 1 aromatic rings. The van der Waals surface area contributed by atoms with Crippen LogP contribution >= 0.6 is 11.3 Å². The summed E-state index contributed by atoms with van der Waals surface area (Å²) in [6.07, 6.45) is 0.0998.